The Morgan fingerprint density at radius 1 is 0.395 bits per heavy atom. The van der Waals surface area contributed by atoms with Crippen LogP contribution in [0.1, 0.15) is 0 Å². The summed E-state index contributed by atoms with van der Waals surface area (Å²) in [5, 5.41) is 4.34. The van der Waals surface area contributed by atoms with Gasteiger partial charge in [-0.2, -0.15) is 0 Å². The minimum absolute atomic E-state index is 0.806. The van der Waals surface area contributed by atoms with Crippen molar-refractivity contribution in [1.82, 2.24) is 9.97 Å². The molecule has 4 aromatic carbocycles. The van der Waals surface area contributed by atoms with Gasteiger partial charge in [0.25, 0.3) is 0 Å². The number of hydrogen-bond donors (Lipinski definition) is 0. The van der Waals surface area contributed by atoms with Gasteiger partial charge in [0, 0.05) is 45.1 Å². The van der Waals surface area contributed by atoms with Gasteiger partial charge in [0.2, 0.25) is 0 Å². The number of aromatic nitrogens is 2. The third kappa shape index (κ3) is 3.17. The molecule has 0 aliphatic heterocycles. The lowest BCUT2D eigenvalue weighted by Crippen LogP contribution is -1.87. The Morgan fingerprint density at radius 3 is 1.34 bits per heavy atom. The molecule has 4 nitrogen and oxygen atoms in total. The zero-order chi connectivity index (χ0) is 25.1. The van der Waals surface area contributed by atoms with Crippen LogP contribution in [0.5, 0.6) is 0 Å². The smallest absolute Gasteiger partial charge is 0.161 e. The summed E-state index contributed by atoms with van der Waals surface area (Å²) < 4.78 is 12.5. The summed E-state index contributed by atoms with van der Waals surface area (Å²) in [7, 11) is 0. The maximum absolute atomic E-state index is 6.25. The van der Waals surface area contributed by atoms with Crippen molar-refractivity contribution in [1.29, 1.82) is 0 Å². The van der Waals surface area contributed by atoms with Crippen molar-refractivity contribution < 1.29 is 8.83 Å². The van der Waals surface area contributed by atoms with Gasteiger partial charge in [0.1, 0.15) is 22.6 Å². The lowest BCUT2D eigenvalue weighted by molar-refractivity contribution is 0.668. The molecule has 0 saturated carbocycles. The van der Waals surface area contributed by atoms with Crippen molar-refractivity contribution in [2.45, 2.75) is 0 Å². The Hall–Kier alpha value is -5.22. The van der Waals surface area contributed by atoms with Crippen LogP contribution < -0.4 is 0 Å². The first-order chi connectivity index (χ1) is 18.8. The fourth-order valence-electron chi connectivity index (χ4n) is 5.41. The fourth-order valence-corrected chi connectivity index (χ4v) is 5.41. The number of hydrogen-bond acceptors (Lipinski definition) is 4. The first kappa shape index (κ1) is 20.9. The van der Waals surface area contributed by atoms with E-state index in [1.807, 2.05) is 60.9 Å². The lowest BCUT2D eigenvalue weighted by Gasteiger charge is -2.08. The summed E-state index contributed by atoms with van der Waals surface area (Å²) in [4.78, 5) is 9.42. The number of benzene rings is 4. The predicted molar refractivity (Wildman–Crippen MR) is 153 cm³/mol. The quantitative estimate of drug-likeness (QED) is 0.249. The molecule has 178 valence electrons. The SMILES string of the molecule is c1cc(-c2cccc(-c3nccc4c3oc3ccccc34)c2)cc(-c2nccc3c2oc2ccccc23)c1. The number of para-hydroxylation sites is 2. The van der Waals surface area contributed by atoms with E-state index in [9.17, 15) is 0 Å². The normalized spacial score (nSPS) is 11.7. The van der Waals surface area contributed by atoms with Crippen LogP contribution in [0.4, 0.5) is 0 Å². The number of furan rings is 2. The van der Waals surface area contributed by atoms with Crippen LogP contribution >= 0.6 is 0 Å². The van der Waals surface area contributed by atoms with Crippen LogP contribution in [0, 0.1) is 0 Å². The maximum Gasteiger partial charge on any atom is 0.161 e. The molecular weight excluding hydrogens is 468 g/mol. The number of rotatable bonds is 3. The molecule has 4 heterocycles. The minimum Gasteiger partial charge on any atom is -0.454 e. The van der Waals surface area contributed by atoms with Gasteiger partial charge in [-0.15, -0.1) is 0 Å². The van der Waals surface area contributed by atoms with Crippen molar-refractivity contribution in [3.8, 4) is 33.6 Å². The molecule has 0 saturated heterocycles. The molecule has 0 atom stereocenters. The van der Waals surface area contributed by atoms with Crippen molar-refractivity contribution in [2.24, 2.45) is 0 Å². The molecule has 0 radical (unpaired) electrons. The second-order valence-electron chi connectivity index (χ2n) is 9.43. The van der Waals surface area contributed by atoms with Gasteiger partial charge in [0.15, 0.2) is 11.2 Å². The molecule has 0 unspecified atom stereocenters. The third-order valence-corrected chi connectivity index (χ3v) is 7.19. The van der Waals surface area contributed by atoms with Gasteiger partial charge >= 0.3 is 0 Å². The largest absolute Gasteiger partial charge is 0.454 e. The second kappa shape index (κ2) is 8.15. The molecule has 0 fully saturated rings. The topological polar surface area (TPSA) is 52.1 Å². The van der Waals surface area contributed by atoms with Crippen LogP contribution in [0.15, 0.2) is 130 Å². The van der Waals surface area contributed by atoms with Gasteiger partial charge in [-0.25, -0.2) is 0 Å². The van der Waals surface area contributed by atoms with Gasteiger partial charge in [-0.1, -0.05) is 72.8 Å². The summed E-state index contributed by atoms with van der Waals surface area (Å²) in [5.41, 5.74) is 9.23. The molecule has 4 heteroatoms. The molecule has 38 heavy (non-hydrogen) atoms. The third-order valence-electron chi connectivity index (χ3n) is 7.19. The molecular formula is C34H20N2O2. The van der Waals surface area contributed by atoms with Gasteiger partial charge in [-0.3, -0.25) is 9.97 Å². The van der Waals surface area contributed by atoms with E-state index in [4.69, 9.17) is 18.8 Å². The standard InChI is InChI=1S/C34H20N2O2/c1-3-13-29-25(11-1)27-15-17-35-31(33(27)37-29)23-9-5-7-21(19-23)22-8-6-10-24(20-22)32-34-28(16-18-36-32)26-12-2-4-14-30(26)38-34/h1-20H. The molecule has 0 aliphatic carbocycles. The van der Waals surface area contributed by atoms with Crippen LogP contribution in [0.25, 0.3) is 77.5 Å². The van der Waals surface area contributed by atoms with Gasteiger partial charge < -0.3 is 8.83 Å². The van der Waals surface area contributed by atoms with Crippen molar-refractivity contribution in [2.75, 3.05) is 0 Å². The monoisotopic (exact) mass is 488 g/mol. The highest BCUT2D eigenvalue weighted by atomic mass is 16.3. The van der Waals surface area contributed by atoms with Crippen LogP contribution in [-0.4, -0.2) is 9.97 Å². The van der Waals surface area contributed by atoms with E-state index >= 15 is 0 Å². The Kier molecular flexibility index (Phi) is 4.49. The highest BCUT2D eigenvalue weighted by Crippen LogP contribution is 2.37. The van der Waals surface area contributed by atoms with Crippen molar-refractivity contribution in [3.63, 3.8) is 0 Å². The maximum atomic E-state index is 6.25. The number of nitrogens with zero attached hydrogens (tertiary/aromatic N) is 2. The summed E-state index contributed by atoms with van der Waals surface area (Å²) in [6, 6.07) is 37.1. The zero-order valence-electron chi connectivity index (χ0n) is 20.3. The summed E-state index contributed by atoms with van der Waals surface area (Å²) in [6.45, 7) is 0. The fraction of sp³-hybridized carbons (Fsp3) is 0. The summed E-state index contributed by atoms with van der Waals surface area (Å²) in [5.74, 6) is 0. The molecule has 0 aliphatic rings. The Morgan fingerprint density at radius 2 is 0.842 bits per heavy atom. The molecule has 4 aromatic heterocycles. The predicted octanol–water partition coefficient (Wildman–Crippen LogP) is 9.28. The van der Waals surface area contributed by atoms with Crippen LogP contribution in [-0.2, 0) is 0 Å². The molecule has 0 spiro atoms. The summed E-state index contributed by atoms with van der Waals surface area (Å²) in [6.07, 6.45) is 3.71. The highest BCUT2D eigenvalue weighted by Gasteiger charge is 2.15. The molecule has 0 bridgehead atoms. The van der Waals surface area contributed by atoms with Gasteiger partial charge in [-0.05, 0) is 47.5 Å². The average Bonchev–Trinajstić information content (AvgIpc) is 3.56. The Labute approximate surface area is 217 Å². The first-order valence-electron chi connectivity index (χ1n) is 12.6. The van der Waals surface area contributed by atoms with Crippen molar-refractivity contribution >= 4 is 43.9 Å². The van der Waals surface area contributed by atoms with E-state index in [1.165, 1.54) is 0 Å². The second-order valence-corrected chi connectivity index (χ2v) is 9.43. The molecule has 0 amide bonds. The van der Waals surface area contributed by atoms with Crippen LogP contribution in [0.2, 0.25) is 0 Å². The lowest BCUT2D eigenvalue weighted by atomic mass is 9.98. The number of fused-ring (bicyclic) bond motifs is 6. The van der Waals surface area contributed by atoms with E-state index < -0.39 is 0 Å². The summed E-state index contributed by atoms with van der Waals surface area (Å²) >= 11 is 0. The van der Waals surface area contributed by atoms with E-state index in [2.05, 4.69) is 60.7 Å². The van der Waals surface area contributed by atoms with E-state index in [0.717, 1.165) is 77.5 Å². The Balaban J connectivity index is 1.25. The van der Waals surface area contributed by atoms with Crippen LogP contribution in [0.3, 0.4) is 0 Å². The first-order valence-corrected chi connectivity index (χ1v) is 12.6. The Bertz CT molecular complexity index is 2000. The van der Waals surface area contributed by atoms with E-state index in [0.29, 0.717) is 0 Å². The van der Waals surface area contributed by atoms with Gasteiger partial charge in [0.05, 0.1) is 0 Å². The van der Waals surface area contributed by atoms with E-state index in [1.54, 1.807) is 0 Å². The molecule has 8 aromatic rings. The molecule has 0 N–H and O–H groups in total. The van der Waals surface area contributed by atoms with E-state index in [-0.39, 0.29) is 0 Å². The number of pyridine rings is 2. The van der Waals surface area contributed by atoms with Crippen molar-refractivity contribution in [3.05, 3.63) is 122 Å². The zero-order valence-corrected chi connectivity index (χ0v) is 20.3. The average molecular weight is 489 g/mol. The molecule has 8 rings (SSSR count). The highest BCUT2D eigenvalue weighted by molar-refractivity contribution is 6.09. The minimum atomic E-state index is 0.806.